The first-order chi connectivity index (χ1) is 8.00. The molecule has 96 valence electrons. The number of carboxylic acid groups (broad SMARTS) is 2. The van der Waals surface area contributed by atoms with Gasteiger partial charge in [-0.3, -0.25) is 14.4 Å². The van der Waals surface area contributed by atoms with Crippen molar-refractivity contribution in [1.29, 1.82) is 0 Å². The van der Waals surface area contributed by atoms with Crippen LogP contribution in [0.3, 0.4) is 0 Å². The third kappa shape index (κ3) is 4.39. The number of rotatable bonds is 5. The quantitative estimate of drug-likeness (QED) is 0.580. The summed E-state index contributed by atoms with van der Waals surface area (Å²) in [5.74, 6) is -2.87. The van der Waals surface area contributed by atoms with Crippen LogP contribution in [-0.4, -0.2) is 58.6 Å². The zero-order valence-corrected chi connectivity index (χ0v) is 9.39. The first-order valence-corrected chi connectivity index (χ1v) is 5.46. The number of aliphatic carboxylic acids is 2. The summed E-state index contributed by atoms with van der Waals surface area (Å²) in [7, 11) is 0. The number of nitrogens with zero attached hydrogens (tertiary/aromatic N) is 1. The van der Waals surface area contributed by atoms with Gasteiger partial charge in [-0.05, 0) is 19.4 Å². The lowest BCUT2D eigenvalue weighted by atomic mass is 10.0. The third-order valence-electron chi connectivity index (χ3n) is 2.57. The van der Waals surface area contributed by atoms with Crippen LogP contribution in [0.5, 0.6) is 0 Å². The van der Waals surface area contributed by atoms with E-state index in [0.717, 1.165) is 17.7 Å². The maximum absolute atomic E-state index is 11.9. The Balaban J connectivity index is 2.63. The van der Waals surface area contributed by atoms with E-state index in [1.807, 2.05) is 0 Å². The van der Waals surface area contributed by atoms with E-state index in [4.69, 9.17) is 10.2 Å². The Labute approximate surface area is 98.4 Å². The molecule has 0 radical (unpaired) electrons. The summed E-state index contributed by atoms with van der Waals surface area (Å²) in [4.78, 5) is 33.9. The zero-order valence-electron chi connectivity index (χ0n) is 9.39. The second-order valence-corrected chi connectivity index (χ2v) is 3.98. The van der Waals surface area contributed by atoms with E-state index in [1.165, 1.54) is 0 Å². The second kappa shape index (κ2) is 6.19. The van der Waals surface area contributed by atoms with Crippen molar-refractivity contribution in [2.24, 2.45) is 0 Å². The normalized spacial score (nSPS) is 19.6. The predicted octanol–water partition coefficient (Wildman–Crippen LogP) is -0.874. The molecule has 1 heterocycles. The molecule has 17 heavy (non-hydrogen) atoms. The SMILES string of the molecule is O=C(O)CN(CC(=O)O)C(=O)C1CCCCN1. The molecule has 0 spiro atoms. The summed E-state index contributed by atoms with van der Waals surface area (Å²) in [5.41, 5.74) is 0. The van der Waals surface area contributed by atoms with Crippen molar-refractivity contribution in [2.75, 3.05) is 19.6 Å². The summed E-state index contributed by atoms with van der Waals surface area (Å²) in [6, 6.07) is -0.456. The Morgan fingerprint density at radius 3 is 2.12 bits per heavy atom. The molecular formula is C10H16N2O5. The number of hydrogen-bond donors (Lipinski definition) is 3. The fraction of sp³-hybridized carbons (Fsp3) is 0.700. The van der Waals surface area contributed by atoms with Gasteiger partial charge in [-0.15, -0.1) is 0 Å². The Morgan fingerprint density at radius 1 is 1.12 bits per heavy atom. The highest BCUT2D eigenvalue weighted by Gasteiger charge is 2.28. The van der Waals surface area contributed by atoms with Gasteiger partial charge in [0, 0.05) is 0 Å². The topological polar surface area (TPSA) is 107 Å². The van der Waals surface area contributed by atoms with Gasteiger partial charge in [0.2, 0.25) is 5.91 Å². The van der Waals surface area contributed by atoms with E-state index in [2.05, 4.69) is 5.32 Å². The maximum Gasteiger partial charge on any atom is 0.323 e. The molecule has 1 rings (SSSR count). The van der Waals surface area contributed by atoms with Crippen molar-refractivity contribution in [3.8, 4) is 0 Å². The molecule has 1 saturated heterocycles. The van der Waals surface area contributed by atoms with Crippen LogP contribution in [0.2, 0.25) is 0 Å². The first kappa shape index (κ1) is 13.4. The van der Waals surface area contributed by atoms with Crippen molar-refractivity contribution in [3.63, 3.8) is 0 Å². The van der Waals surface area contributed by atoms with Gasteiger partial charge in [0.05, 0.1) is 6.04 Å². The van der Waals surface area contributed by atoms with Gasteiger partial charge in [-0.1, -0.05) is 6.42 Å². The lowest BCUT2D eigenvalue weighted by Gasteiger charge is -2.28. The average Bonchev–Trinajstić information content (AvgIpc) is 2.27. The highest BCUT2D eigenvalue weighted by atomic mass is 16.4. The number of piperidine rings is 1. The molecule has 0 bridgehead atoms. The van der Waals surface area contributed by atoms with E-state index in [-0.39, 0.29) is 0 Å². The van der Waals surface area contributed by atoms with Gasteiger partial charge >= 0.3 is 11.9 Å². The molecule has 1 aliphatic rings. The maximum atomic E-state index is 11.9. The molecule has 0 aromatic heterocycles. The summed E-state index contributed by atoms with van der Waals surface area (Å²) >= 11 is 0. The largest absolute Gasteiger partial charge is 0.480 e. The minimum Gasteiger partial charge on any atom is -0.480 e. The molecule has 0 saturated carbocycles. The Bertz CT molecular complexity index is 296. The number of carbonyl (C=O) groups excluding carboxylic acids is 1. The summed E-state index contributed by atoms with van der Waals surface area (Å²) in [6.07, 6.45) is 2.48. The van der Waals surface area contributed by atoms with Crippen LogP contribution < -0.4 is 5.32 Å². The van der Waals surface area contributed by atoms with E-state index in [9.17, 15) is 14.4 Å². The third-order valence-corrected chi connectivity index (χ3v) is 2.57. The molecule has 1 amide bonds. The van der Waals surface area contributed by atoms with Crippen LogP contribution in [0, 0.1) is 0 Å². The van der Waals surface area contributed by atoms with Gasteiger partial charge in [-0.25, -0.2) is 0 Å². The van der Waals surface area contributed by atoms with Crippen molar-refractivity contribution in [2.45, 2.75) is 25.3 Å². The number of carbonyl (C=O) groups is 3. The predicted molar refractivity (Wildman–Crippen MR) is 57.5 cm³/mol. The average molecular weight is 244 g/mol. The number of amides is 1. The fourth-order valence-electron chi connectivity index (χ4n) is 1.82. The van der Waals surface area contributed by atoms with Crippen LogP contribution in [0.15, 0.2) is 0 Å². The molecule has 1 aliphatic heterocycles. The van der Waals surface area contributed by atoms with Crippen molar-refractivity contribution in [1.82, 2.24) is 10.2 Å². The highest BCUT2D eigenvalue weighted by molar-refractivity contribution is 5.88. The van der Waals surface area contributed by atoms with Crippen LogP contribution in [0.25, 0.3) is 0 Å². The minimum atomic E-state index is -1.21. The highest BCUT2D eigenvalue weighted by Crippen LogP contribution is 2.09. The smallest absolute Gasteiger partial charge is 0.323 e. The van der Waals surface area contributed by atoms with Crippen molar-refractivity contribution >= 4 is 17.8 Å². The van der Waals surface area contributed by atoms with Crippen LogP contribution in [0.1, 0.15) is 19.3 Å². The van der Waals surface area contributed by atoms with E-state index in [0.29, 0.717) is 13.0 Å². The molecule has 1 fully saturated rings. The van der Waals surface area contributed by atoms with Crippen LogP contribution in [-0.2, 0) is 14.4 Å². The zero-order chi connectivity index (χ0) is 12.8. The lowest BCUT2D eigenvalue weighted by molar-refractivity contribution is -0.150. The monoisotopic (exact) mass is 244 g/mol. The standard InChI is InChI=1S/C10H16N2O5/c13-8(14)5-12(6-9(15)16)10(17)7-3-1-2-4-11-7/h7,11H,1-6H2,(H,13,14)(H,15,16). The molecule has 7 heteroatoms. The lowest BCUT2D eigenvalue weighted by Crippen LogP contribution is -2.51. The van der Waals surface area contributed by atoms with Gasteiger partial charge in [0.15, 0.2) is 0 Å². The summed E-state index contributed by atoms with van der Waals surface area (Å²) in [5, 5.41) is 20.2. The Morgan fingerprint density at radius 2 is 1.71 bits per heavy atom. The van der Waals surface area contributed by atoms with Crippen molar-refractivity contribution in [3.05, 3.63) is 0 Å². The number of nitrogens with one attached hydrogen (secondary N) is 1. The van der Waals surface area contributed by atoms with Gasteiger partial charge in [0.1, 0.15) is 13.1 Å². The molecule has 3 N–H and O–H groups in total. The van der Waals surface area contributed by atoms with E-state index < -0.39 is 37.0 Å². The molecule has 0 aliphatic carbocycles. The molecular weight excluding hydrogens is 228 g/mol. The van der Waals surface area contributed by atoms with Gasteiger partial charge in [-0.2, -0.15) is 0 Å². The Hall–Kier alpha value is -1.63. The number of hydrogen-bond acceptors (Lipinski definition) is 4. The summed E-state index contributed by atoms with van der Waals surface area (Å²) in [6.45, 7) is -0.461. The van der Waals surface area contributed by atoms with Gasteiger partial charge < -0.3 is 20.4 Å². The van der Waals surface area contributed by atoms with Crippen molar-refractivity contribution < 1.29 is 24.6 Å². The molecule has 0 aromatic carbocycles. The Kier molecular flexibility index (Phi) is 4.89. The second-order valence-electron chi connectivity index (χ2n) is 3.98. The van der Waals surface area contributed by atoms with Crippen LogP contribution >= 0.6 is 0 Å². The first-order valence-electron chi connectivity index (χ1n) is 5.46. The van der Waals surface area contributed by atoms with Gasteiger partial charge in [0.25, 0.3) is 0 Å². The molecule has 1 atom stereocenters. The fourth-order valence-corrected chi connectivity index (χ4v) is 1.82. The number of carboxylic acids is 2. The van der Waals surface area contributed by atoms with E-state index >= 15 is 0 Å². The summed E-state index contributed by atoms with van der Waals surface area (Å²) < 4.78 is 0. The van der Waals surface area contributed by atoms with Crippen LogP contribution in [0.4, 0.5) is 0 Å². The molecule has 1 unspecified atom stereocenters. The van der Waals surface area contributed by atoms with E-state index in [1.54, 1.807) is 0 Å². The molecule has 0 aromatic rings. The minimum absolute atomic E-state index is 0.450. The molecule has 7 nitrogen and oxygen atoms in total.